The van der Waals surface area contributed by atoms with Gasteiger partial charge in [-0.3, -0.25) is 19.8 Å². The van der Waals surface area contributed by atoms with Crippen molar-refractivity contribution in [3.05, 3.63) is 92.8 Å². The maximum absolute atomic E-state index is 13.2. The van der Waals surface area contributed by atoms with Crippen LogP contribution in [0.2, 0.25) is 0 Å². The van der Waals surface area contributed by atoms with E-state index >= 15 is 0 Å². The first kappa shape index (κ1) is 23.8. The molecule has 3 aromatic rings. The Bertz CT molecular complexity index is 1330. The van der Waals surface area contributed by atoms with E-state index in [0.29, 0.717) is 32.9 Å². The van der Waals surface area contributed by atoms with Gasteiger partial charge >= 0.3 is 0 Å². The lowest BCUT2D eigenvalue weighted by Crippen LogP contribution is -2.28. The van der Waals surface area contributed by atoms with E-state index in [1.54, 1.807) is 62.8 Å². The molecule has 0 unspecified atom stereocenters. The molecule has 0 bridgehead atoms. The van der Waals surface area contributed by atoms with Gasteiger partial charge < -0.3 is 13.9 Å². The van der Waals surface area contributed by atoms with Crippen LogP contribution in [0.15, 0.2) is 80.4 Å². The molecule has 0 saturated carbocycles. The van der Waals surface area contributed by atoms with E-state index in [2.05, 4.69) is 10.2 Å². The van der Waals surface area contributed by atoms with Gasteiger partial charge in [0.25, 0.3) is 11.6 Å². The Balaban J connectivity index is 1.62. The number of ether oxygens (including phenoxy) is 2. The molecule has 0 radical (unpaired) electrons. The van der Waals surface area contributed by atoms with Crippen molar-refractivity contribution in [2.45, 2.75) is 6.54 Å². The molecule has 4 rings (SSSR count). The zero-order valence-electron chi connectivity index (χ0n) is 18.8. The number of benzene rings is 2. The Kier molecular flexibility index (Phi) is 7.27. The Hall–Kier alpha value is -4.38. The first-order chi connectivity index (χ1) is 17.0. The van der Waals surface area contributed by atoms with E-state index < -0.39 is 4.92 Å². The first-order valence-electron chi connectivity index (χ1n) is 10.3. The number of carbonyl (C=O) groups excluding carboxylic acids is 1. The summed E-state index contributed by atoms with van der Waals surface area (Å²) in [4.78, 5) is 25.6. The molecule has 0 atom stereocenters. The van der Waals surface area contributed by atoms with Crippen molar-refractivity contribution in [2.75, 3.05) is 14.2 Å². The summed E-state index contributed by atoms with van der Waals surface area (Å²) < 4.78 is 15.9. The topological polar surface area (TPSA) is 120 Å². The number of amidine groups is 1. The molecule has 35 heavy (non-hydrogen) atoms. The largest absolute Gasteiger partial charge is 0.493 e. The van der Waals surface area contributed by atoms with Crippen LogP contribution in [0.4, 0.5) is 5.69 Å². The molecule has 2 aromatic carbocycles. The molecule has 1 amide bonds. The molecule has 10 nitrogen and oxygen atoms in total. The molecule has 0 N–H and O–H groups in total. The molecule has 178 valence electrons. The third kappa shape index (κ3) is 5.58. The summed E-state index contributed by atoms with van der Waals surface area (Å²) in [6, 6.07) is 14.8. The molecular weight excluding hydrogens is 472 g/mol. The Morgan fingerprint density at radius 3 is 2.63 bits per heavy atom. The van der Waals surface area contributed by atoms with Crippen LogP contribution in [-0.4, -0.2) is 41.3 Å². The summed E-state index contributed by atoms with van der Waals surface area (Å²) in [5.41, 5.74) is 1.20. The van der Waals surface area contributed by atoms with Crippen LogP contribution >= 0.6 is 11.8 Å². The molecule has 0 spiro atoms. The van der Waals surface area contributed by atoms with Gasteiger partial charge in [-0.05, 0) is 59.3 Å². The molecule has 2 heterocycles. The van der Waals surface area contributed by atoms with Gasteiger partial charge in [0.1, 0.15) is 5.76 Å². The zero-order valence-corrected chi connectivity index (χ0v) is 19.6. The monoisotopic (exact) mass is 492 g/mol. The lowest BCUT2D eigenvalue weighted by atomic mass is 10.2. The minimum atomic E-state index is -0.482. The second-order valence-corrected chi connectivity index (χ2v) is 8.18. The first-order valence-corrected chi connectivity index (χ1v) is 11.1. The highest BCUT2D eigenvalue weighted by Crippen LogP contribution is 2.34. The summed E-state index contributed by atoms with van der Waals surface area (Å²) in [5, 5.41) is 19.8. The van der Waals surface area contributed by atoms with Crippen molar-refractivity contribution in [2.24, 2.45) is 10.2 Å². The van der Waals surface area contributed by atoms with Crippen molar-refractivity contribution in [3.63, 3.8) is 0 Å². The van der Waals surface area contributed by atoms with E-state index in [1.807, 2.05) is 0 Å². The minimum Gasteiger partial charge on any atom is -0.493 e. The van der Waals surface area contributed by atoms with Crippen LogP contribution in [0.25, 0.3) is 6.08 Å². The van der Waals surface area contributed by atoms with Gasteiger partial charge in [-0.25, -0.2) is 0 Å². The summed E-state index contributed by atoms with van der Waals surface area (Å²) in [6.07, 6.45) is 4.65. The summed E-state index contributed by atoms with van der Waals surface area (Å²) in [7, 11) is 3.10. The quantitative estimate of drug-likeness (QED) is 0.193. The standard InChI is InChI=1S/C24H20N4O6S/c1-32-20-9-8-17(12-21(20)33-2)14-25-26-24-27(15-19-7-4-10-34-19)23(29)22(35-24)13-16-5-3-6-18(11-16)28(30)31/h3-14H,15H2,1-2H3/b22-13-,25-14-,26-24+. The number of nitro groups is 1. The van der Waals surface area contributed by atoms with Crippen molar-refractivity contribution in [3.8, 4) is 11.5 Å². The van der Waals surface area contributed by atoms with E-state index in [9.17, 15) is 14.9 Å². The summed E-state index contributed by atoms with van der Waals surface area (Å²) in [5.74, 6) is 1.41. The fourth-order valence-corrected chi connectivity index (χ4v) is 4.17. The molecule has 1 aliphatic rings. The molecule has 1 aromatic heterocycles. The molecule has 1 saturated heterocycles. The number of hydrogen-bond acceptors (Lipinski definition) is 9. The number of methoxy groups -OCH3 is 2. The van der Waals surface area contributed by atoms with Gasteiger partial charge in [-0.15, -0.1) is 5.10 Å². The van der Waals surface area contributed by atoms with Gasteiger partial charge in [0.15, 0.2) is 16.7 Å². The van der Waals surface area contributed by atoms with Crippen LogP contribution in [0, 0.1) is 10.1 Å². The Morgan fingerprint density at radius 2 is 1.91 bits per heavy atom. The van der Waals surface area contributed by atoms with Crippen molar-refractivity contribution < 1.29 is 23.6 Å². The Morgan fingerprint density at radius 1 is 1.09 bits per heavy atom. The van der Waals surface area contributed by atoms with E-state index in [0.717, 1.165) is 17.3 Å². The maximum atomic E-state index is 13.2. The number of nitrogens with zero attached hydrogens (tertiary/aromatic N) is 4. The van der Waals surface area contributed by atoms with Crippen LogP contribution in [0.3, 0.4) is 0 Å². The highest BCUT2D eigenvalue weighted by Gasteiger charge is 2.34. The van der Waals surface area contributed by atoms with Gasteiger partial charge in [0, 0.05) is 12.1 Å². The van der Waals surface area contributed by atoms with Crippen LogP contribution in [0.1, 0.15) is 16.9 Å². The van der Waals surface area contributed by atoms with Crippen LogP contribution in [-0.2, 0) is 11.3 Å². The molecular formula is C24H20N4O6S. The fourth-order valence-electron chi connectivity index (χ4n) is 3.24. The number of rotatable bonds is 8. The van der Waals surface area contributed by atoms with Crippen molar-refractivity contribution in [1.82, 2.24) is 4.90 Å². The lowest BCUT2D eigenvalue weighted by molar-refractivity contribution is -0.384. The molecule has 0 aliphatic carbocycles. The minimum absolute atomic E-state index is 0.0596. The number of furan rings is 1. The van der Waals surface area contributed by atoms with Gasteiger partial charge in [-0.1, -0.05) is 12.1 Å². The van der Waals surface area contributed by atoms with Crippen molar-refractivity contribution in [1.29, 1.82) is 0 Å². The van der Waals surface area contributed by atoms with E-state index in [1.165, 1.54) is 29.5 Å². The smallest absolute Gasteiger partial charge is 0.270 e. The average Bonchev–Trinajstić information content (AvgIpc) is 3.48. The number of amides is 1. The number of carbonyl (C=O) groups is 1. The number of hydrogen-bond donors (Lipinski definition) is 0. The second-order valence-electron chi connectivity index (χ2n) is 7.17. The fraction of sp³-hybridized carbons (Fsp3) is 0.125. The number of nitro benzene ring substituents is 1. The summed E-state index contributed by atoms with van der Waals surface area (Å²) in [6.45, 7) is 0.163. The predicted octanol–water partition coefficient (Wildman–Crippen LogP) is 4.71. The Labute approximate surface area is 204 Å². The van der Waals surface area contributed by atoms with Crippen LogP contribution in [0.5, 0.6) is 11.5 Å². The highest BCUT2D eigenvalue weighted by molar-refractivity contribution is 8.18. The normalized spacial score (nSPS) is 15.9. The van der Waals surface area contributed by atoms with Crippen LogP contribution < -0.4 is 9.47 Å². The predicted molar refractivity (Wildman–Crippen MR) is 132 cm³/mol. The second kappa shape index (κ2) is 10.7. The molecule has 11 heteroatoms. The van der Waals surface area contributed by atoms with E-state index in [-0.39, 0.29) is 18.1 Å². The third-order valence-electron chi connectivity index (χ3n) is 4.92. The lowest BCUT2D eigenvalue weighted by Gasteiger charge is -2.12. The van der Waals surface area contributed by atoms with Gasteiger partial charge in [0.2, 0.25) is 0 Å². The summed E-state index contributed by atoms with van der Waals surface area (Å²) >= 11 is 1.12. The van der Waals surface area contributed by atoms with Gasteiger partial charge in [0.05, 0.1) is 43.1 Å². The van der Waals surface area contributed by atoms with Crippen molar-refractivity contribution >= 4 is 40.8 Å². The average molecular weight is 493 g/mol. The highest BCUT2D eigenvalue weighted by atomic mass is 32.2. The number of non-ortho nitro benzene ring substituents is 1. The number of thioether (sulfide) groups is 1. The van der Waals surface area contributed by atoms with Gasteiger partial charge in [-0.2, -0.15) is 5.10 Å². The molecule has 1 aliphatic heterocycles. The maximum Gasteiger partial charge on any atom is 0.270 e. The molecule has 1 fully saturated rings. The zero-order chi connectivity index (χ0) is 24.8. The third-order valence-corrected chi connectivity index (χ3v) is 5.92. The SMILES string of the molecule is COc1ccc(/C=N\N=C2\S/C(=C\c3cccc([N+](=O)[O-])c3)C(=O)N2Cc2ccco2)cc1OC. The van der Waals surface area contributed by atoms with E-state index in [4.69, 9.17) is 13.9 Å².